The zero-order chi connectivity index (χ0) is 20.5. The monoisotopic (exact) mass is 393 g/mol. The van der Waals surface area contributed by atoms with Crippen molar-refractivity contribution in [1.29, 1.82) is 0 Å². The SMILES string of the molecule is COCCOc1cccc(C(=O)N(C)CCCc2cc(-c3ccccc3)n[nH]2)c1. The zero-order valence-electron chi connectivity index (χ0n) is 16.9. The molecule has 6 heteroatoms. The average Bonchev–Trinajstić information content (AvgIpc) is 3.23. The molecule has 0 atom stereocenters. The van der Waals surface area contributed by atoms with Crippen molar-refractivity contribution in [3.8, 4) is 17.0 Å². The number of carbonyl (C=O) groups is 1. The van der Waals surface area contributed by atoms with Gasteiger partial charge in [-0.3, -0.25) is 9.89 Å². The molecule has 29 heavy (non-hydrogen) atoms. The highest BCUT2D eigenvalue weighted by Crippen LogP contribution is 2.18. The minimum Gasteiger partial charge on any atom is -0.491 e. The van der Waals surface area contributed by atoms with Gasteiger partial charge in [0.2, 0.25) is 0 Å². The molecule has 1 aromatic heterocycles. The van der Waals surface area contributed by atoms with Crippen LogP contribution in [0.5, 0.6) is 5.75 Å². The van der Waals surface area contributed by atoms with E-state index in [0.29, 0.717) is 31.1 Å². The predicted molar refractivity (Wildman–Crippen MR) is 113 cm³/mol. The van der Waals surface area contributed by atoms with Crippen molar-refractivity contribution < 1.29 is 14.3 Å². The molecule has 0 saturated carbocycles. The first-order chi connectivity index (χ1) is 14.2. The van der Waals surface area contributed by atoms with Gasteiger partial charge in [0, 0.05) is 37.5 Å². The van der Waals surface area contributed by atoms with Gasteiger partial charge >= 0.3 is 0 Å². The summed E-state index contributed by atoms with van der Waals surface area (Å²) < 4.78 is 10.6. The lowest BCUT2D eigenvalue weighted by Crippen LogP contribution is -2.28. The summed E-state index contributed by atoms with van der Waals surface area (Å²) in [5.41, 5.74) is 3.72. The molecular weight excluding hydrogens is 366 g/mol. The largest absolute Gasteiger partial charge is 0.491 e. The predicted octanol–water partition coefficient (Wildman–Crippen LogP) is 3.81. The number of nitrogens with zero attached hydrogens (tertiary/aromatic N) is 2. The molecule has 0 aliphatic carbocycles. The molecule has 0 unspecified atom stereocenters. The summed E-state index contributed by atoms with van der Waals surface area (Å²) in [6, 6.07) is 19.4. The highest BCUT2D eigenvalue weighted by atomic mass is 16.5. The standard InChI is InChI=1S/C23H27N3O3/c1-26(23(27)19-10-6-12-21(16-19)29-15-14-28-2)13-7-11-20-17-22(25-24-20)18-8-4-3-5-9-18/h3-6,8-10,12,16-17H,7,11,13-15H2,1-2H3,(H,24,25). The van der Waals surface area contributed by atoms with Crippen LogP contribution >= 0.6 is 0 Å². The van der Waals surface area contributed by atoms with Gasteiger partial charge in [-0.25, -0.2) is 0 Å². The first kappa shape index (κ1) is 20.6. The summed E-state index contributed by atoms with van der Waals surface area (Å²) in [6.07, 6.45) is 1.68. The second kappa shape index (κ2) is 10.4. The van der Waals surface area contributed by atoms with Crippen molar-refractivity contribution in [2.24, 2.45) is 0 Å². The van der Waals surface area contributed by atoms with Crippen LogP contribution in [0.1, 0.15) is 22.5 Å². The van der Waals surface area contributed by atoms with Gasteiger partial charge in [-0.1, -0.05) is 36.4 Å². The third-order valence-electron chi connectivity index (χ3n) is 4.62. The number of ether oxygens (including phenoxy) is 2. The van der Waals surface area contributed by atoms with Crippen molar-refractivity contribution in [3.63, 3.8) is 0 Å². The van der Waals surface area contributed by atoms with Crippen LogP contribution in [0.15, 0.2) is 60.7 Å². The van der Waals surface area contributed by atoms with Gasteiger partial charge in [0.05, 0.1) is 12.3 Å². The molecule has 2 aromatic carbocycles. The minimum absolute atomic E-state index is 0.0169. The topological polar surface area (TPSA) is 67.5 Å². The van der Waals surface area contributed by atoms with Crippen LogP contribution in [0.2, 0.25) is 0 Å². The first-order valence-corrected chi connectivity index (χ1v) is 9.74. The molecule has 0 spiro atoms. The van der Waals surface area contributed by atoms with E-state index in [9.17, 15) is 4.79 Å². The number of aryl methyl sites for hydroxylation is 1. The van der Waals surface area contributed by atoms with E-state index in [4.69, 9.17) is 9.47 Å². The molecule has 6 nitrogen and oxygen atoms in total. The Morgan fingerprint density at radius 1 is 1.07 bits per heavy atom. The van der Waals surface area contributed by atoms with Crippen LogP contribution in [-0.2, 0) is 11.2 Å². The van der Waals surface area contributed by atoms with Crippen molar-refractivity contribution in [3.05, 3.63) is 71.9 Å². The molecule has 1 heterocycles. The van der Waals surface area contributed by atoms with Gasteiger partial charge in [0.1, 0.15) is 12.4 Å². The highest BCUT2D eigenvalue weighted by Gasteiger charge is 2.13. The van der Waals surface area contributed by atoms with Crippen molar-refractivity contribution >= 4 is 5.91 Å². The summed E-state index contributed by atoms with van der Waals surface area (Å²) in [7, 11) is 3.45. The summed E-state index contributed by atoms with van der Waals surface area (Å²) in [6.45, 7) is 1.63. The quantitative estimate of drug-likeness (QED) is 0.532. The van der Waals surface area contributed by atoms with Crippen molar-refractivity contribution in [1.82, 2.24) is 15.1 Å². The number of carbonyl (C=O) groups excluding carboxylic acids is 1. The zero-order valence-corrected chi connectivity index (χ0v) is 16.9. The Morgan fingerprint density at radius 2 is 1.90 bits per heavy atom. The minimum atomic E-state index is -0.0169. The smallest absolute Gasteiger partial charge is 0.253 e. The summed E-state index contributed by atoms with van der Waals surface area (Å²) >= 11 is 0. The molecule has 0 aliphatic rings. The molecule has 1 amide bonds. The maximum absolute atomic E-state index is 12.7. The molecule has 0 saturated heterocycles. The average molecular weight is 393 g/mol. The maximum Gasteiger partial charge on any atom is 0.253 e. The van der Waals surface area contributed by atoms with E-state index in [0.717, 1.165) is 29.8 Å². The van der Waals surface area contributed by atoms with Crippen LogP contribution in [0.4, 0.5) is 0 Å². The Morgan fingerprint density at radius 3 is 2.69 bits per heavy atom. The lowest BCUT2D eigenvalue weighted by molar-refractivity contribution is 0.0793. The molecule has 0 aliphatic heterocycles. The Labute approximate surface area is 171 Å². The van der Waals surface area contributed by atoms with E-state index in [2.05, 4.69) is 16.3 Å². The summed E-state index contributed by atoms with van der Waals surface area (Å²) in [5.74, 6) is 0.656. The van der Waals surface area contributed by atoms with Crippen LogP contribution in [0.3, 0.4) is 0 Å². The number of methoxy groups -OCH3 is 1. The van der Waals surface area contributed by atoms with E-state index in [1.165, 1.54) is 0 Å². The third-order valence-corrected chi connectivity index (χ3v) is 4.62. The summed E-state index contributed by atoms with van der Waals surface area (Å²) in [4.78, 5) is 14.4. The first-order valence-electron chi connectivity index (χ1n) is 9.74. The molecule has 3 aromatic rings. The fourth-order valence-corrected chi connectivity index (χ4v) is 3.04. The second-order valence-electron chi connectivity index (χ2n) is 6.84. The fourth-order valence-electron chi connectivity index (χ4n) is 3.04. The molecule has 1 N–H and O–H groups in total. The van der Waals surface area contributed by atoms with Crippen LogP contribution in [0.25, 0.3) is 11.3 Å². The van der Waals surface area contributed by atoms with Crippen LogP contribution < -0.4 is 4.74 Å². The van der Waals surface area contributed by atoms with E-state index in [1.807, 2.05) is 55.6 Å². The van der Waals surface area contributed by atoms with E-state index in [-0.39, 0.29) is 5.91 Å². The number of nitrogens with one attached hydrogen (secondary N) is 1. The Kier molecular flexibility index (Phi) is 7.41. The van der Waals surface area contributed by atoms with E-state index in [1.54, 1.807) is 18.1 Å². The number of rotatable bonds is 10. The van der Waals surface area contributed by atoms with Crippen LogP contribution in [-0.4, -0.2) is 54.9 Å². The van der Waals surface area contributed by atoms with Gasteiger partial charge in [-0.2, -0.15) is 5.10 Å². The number of hydrogen-bond acceptors (Lipinski definition) is 4. The number of aromatic amines is 1. The van der Waals surface area contributed by atoms with Crippen LogP contribution in [0, 0.1) is 0 Å². The van der Waals surface area contributed by atoms with E-state index < -0.39 is 0 Å². The van der Waals surface area contributed by atoms with E-state index >= 15 is 0 Å². The lowest BCUT2D eigenvalue weighted by Gasteiger charge is -2.17. The highest BCUT2D eigenvalue weighted by molar-refractivity contribution is 5.94. The fraction of sp³-hybridized carbons (Fsp3) is 0.304. The van der Waals surface area contributed by atoms with Gasteiger partial charge in [0.25, 0.3) is 5.91 Å². The molecule has 0 fully saturated rings. The van der Waals surface area contributed by atoms with Gasteiger partial charge in [-0.05, 0) is 37.1 Å². The summed E-state index contributed by atoms with van der Waals surface area (Å²) in [5, 5.41) is 7.47. The Balaban J connectivity index is 1.49. The van der Waals surface area contributed by atoms with Crippen molar-refractivity contribution in [2.75, 3.05) is 33.9 Å². The van der Waals surface area contributed by atoms with Gasteiger partial charge in [-0.15, -0.1) is 0 Å². The number of hydrogen-bond donors (Lipinski definition) is 1. The molecule has 3 rings (SSSR count). The Hall–Kier alpha value is -3.12. The van der Waals surface area contributed by atoms with Gasteiger partial charge in [0.15, 0.2) is 0 Å². The second-order valence-corrected chi connectivity index (χ2v) is 6.84. The lowest BCUT2D eigenvalue weighted by atomic mass is 10.1. The number of H-pyrrole nitrogens is 1. The molecule has 0 bridgehead atoms. The maximum atomic E-state index is 12.7. The third kappa shape index (κ3) is 5.93. The molecular formula is C23H27N3O3. The Bertz CT molecular complexity index is 908. The number of benzene rings is 2. The number of aromatic nitrogens is 2. The number of amides is 1. The molecule has 152 valence electrons. The van der Waals surface area contributed by atoms with Crippen molar-refractivity contribution in [2.45, 2.75) is 12.8 Å². The van der Waals surface area contributed by atoms with Gasteiger partial charge < -0.3 is 14.4 Å². The normalized spacial score (nSPS) is 10.7. The molecule has 0 radical (unpaired) electrons.